The van der Waals surface area contributed by atoms with E-state index in [0.717, 1.165) is 11.3 Å². The van der Waals surface area contributed by atoms with Gasteiger partial charge in [0.2, 0.25) is 11.5 Å². The van der Waals surface area contributed by atoms with E-state index in [0.29, 0.717) is 29.0 Å². The Morgan fingerprint density at radius 1 is 1.13 bits per heavy atom. The van der Waals surface area contributed by atoms with Gasteiger partial charge in [0.1, 0.15) is 10.8 Å². The molecule has 2 aromatic carbocycles. The second-order valence-corrected chi connectivity index (χ2v) is 7.88. The average molecular weight is 438 g/mol. The molecule has 0 radical (unpaired) electrons. The minimum absolute atomic E-state index is 0.194. The van der Waals surface area contributed by atoms with E-state index in [1.54, 1.807) is 36.4 Å². The van der Waals surface area contributed by atoms with Gasteiger partial charge in [-0.25, -0.2) is 4.98 Å². The molecule has 1 heterocycles. The van der Waals surface area contributed by atoms with Gasteiger partial charge in [-0.15, -0.1) is 11.3 Å². The van der Waals surface area contributed by atoms with Crippen molar-refractivity contribution < 1.29 is 27.8 Å². The first-order valence-corrected chi connectivity index (χ1v) is 10.1. The van der Waals surface area contributed by atoms with Crippen LogP contribution in [0.2, 0.25) is 0 Å². The highest BCUT2D eigenvalue weighted by atomic mass is 32.1. The van der Waals surface area contributed by atoms with Crippen LogP contribution in [0.1, 0.15) is 17.8 Å². The summed E-state index contributed by atoms with van der Waals surface area (Å²) in [5, 5.41) is 9.97. The molecule has 0 saturated heterocycles. The first-order chi connectivity index (χ1) is 14.2. The molecule has 1 N–H and O–H groups in total. The van der Waals surface area contributed by atoms with Crippen molar-refractivity contribution in [2.75, 3.05) is 20.2 Å². The number of thiazole rings is 1. The van der Waals surface area contributed by atoms with Crippen molar-refractivity contribution in [2.24, 2.45) is 0 Å². The van der Waals surface area contributed by atoms with Gasteiger partial charge in [0, 0.05) is 13.6 Å². The van der Waals surface area contributed by atoms with Crippen molar-refractivity contribution in [3.63, 3.8) is 0 Å². The number of ether oxygens (including phenoxy) is 1. The number of nitrogens with zero attached hydrogens (tertiary/aromatic N) is 2. The lowest BCUT2D eigenvalue weighted by Crippen LogP contribution is -2.46. The molecule has 9 heteroatoms. The number of para-hydroxylation sites is 2. The summed E-state index contributed by atoms with van der Waals surface area (Å²) in [6.45, 7) is 0.502. The van der Waals surface area contributed by atoms with Crippen molar-refractivity contribution in [1.82, 2.24) is 9.88 Å². The van der Waals surface area contributed by atoms with Crippen LogP contribution in [0, 0.1) is 0 Å². The Morgan fingerprint density at radius 3 is 2.47 bits per heavy atom. The van der Waals surface area contributed by atoms with Crippen LogP contribution in [-0.2, 0) is 10.4 Å². The van der Waals surface area contributed by atoms with E-state index in [-0.39, 0.29) is 6.54 Å². The lowest BCUT2D eigenvalue weighted by atomic mass is 9.99. The van der Waals surface area contributed by atoms with Crippen LogP contribution < -0.4 is 4.74 Å². The number of alkyl halides is 3. The molecule has 1 amide bonds. The quantitative estimate of drug-likeness (QED) is 0.531. The predicted octanol–water partition coefficient (Wildman–Crippen LogP) is 4.36. The third kappa shape index (κ3) is 4.91. The van der Waals surface area contributed by atoms with Gasteiger partial charge in [-0.2, -0.15) is 13.2 Å². The minimum atomic E-state index is -5.05. The zero-order valence-electron chi connectivity index (χ0n) is 16.2. The summed E-state index contributed by atoms with van der Waals surface area (Å²) < 4.78 is 47.3. The summed E-state index contributed by atoms with van der Waals surface area (Å²) in [5.74, 6) is -0.150. The maximum Gasteiger partial charge on any atom is 0.424 e. The van der Waals surface area contributed by atoms with Crippen molar-refractivity contribution in [2.45, 2.75) is 24.6 Å². The molecular formula is C21H21F3N2O3S. The minimum Gasteiger partial charge on any atom is -0.494 e. The van der Waals surface area contributed by atoms with Gasteiger partial charge in [-0.1, -0.05) is 30.3 Å². The first kappa shape index (κ1) is 22.0. The van der Waals surface area contributed by atoms with Crippen molar-refractivity contribution in [3.05, 3.63) is 59.6 Å². The number of carbonyl (C=O) groups is 1. The third-order valence-electron chi connectivity index (χ3n) is 4.60. The first-order valence-electron chi connectivity index (χ1n) is 9.28. The second-order valence-electron chi connectivity index (χ2n) is 6.85. The van der Waals surface area contributed by atoms with E-state index < -0.39 is 29.1 Å². The Labute approximate surface area is 175 Å². The molecule has 1 atom stereocenters. The number of rotatable bonds is 8. The zero-order chi connectivity index (χ0) is 21.8. The van der Waals surface area contributed by atoms with Crippen LogP contribution in [0.4, 0.5) is 13.2 Å². The summed E-state index contributed by atoms with van der Waals surface area (Å²) in [5.41, 5.74) is -3.00. The molecule has 0 aliphatic heterocycles. The standard InChI is InChI=1S/C21H21F3N2O3S/c1-26(12-7-13-29-15-8-3-2-4-9-15)18(27)14-20(28,21(22,23)24)19-25-16-10-5-6-11-17(16)30-19/h2-6,8-11,28H,7,12-14H2,1H3. The van der Waals surface area contributed by atoms with E-state index in [2.05, 4.69) is 4.98 Å². The fraction of sp³-hybridized carbons (Fsp3) is 0.333. The summed E-state index contributed by atoms with van der Waals surface area (Å²) in [7, 11) is 1.40. The lowest BCUT2D eigenvalue weighted by Gasteiger charge is -2.29. The Bertz CT molecular complexity index is 961. The maximum absolute atomic E-state index is 13.8. The number of hydrogen-bond acceptors (Lipinski definition) is 5. The van der Waals surface area contributed by atoms with Gasteiger partial charge >= 0.3 is 6.18 Å². The van der Waals surface area contributed by atoms with Gasteiger partial charge in [-0.05, 0) is 30.7 Å². The molecule has 1 unspecified atom stereocenters. The summed E-state index contributed by atoms with van der Waals surface area (Å²) in [4.78, 5) is 17.6. The van der Waals surface area contributed by atoms with Crippen LogP contribution in [-0.4, -0.2) is 47.3 Å². The molecule has 0 bridgehead atoms. The van der Waals surface area contributed by atoms with Crippen LogP contribution >= 0.6 is 11.3 Å². The van der Waals surface area contributed by atoms with Crippen LogP contribution in [0.25, 0.3) is 10.2 Å². The zero-order valence-corrected chi connectivity index (χ0v) is 17.0. The molecular weight excluding hydrogens is 417 g/mol. The van der Waals surface area contributed by atoms with Gasteiger partial charge < -0.3 is 14.7 Å². The van der Waals surface area contributed by atoms with Gasteiger partial charge in [0.15, 0.2) is 0 Å². The summed E-state index contributed by atoms with van der Waals surface area (Å²) >= 11 is 0.732. The fourth-order valence-corrected chi connectivity index (χ4v) is 3.91. The predicted molar refractivity (Wildman–Crippen MR) is 108 cm³/mol. The molecule has 0 aliphatic carbocycles. The number of halogens is 3. The highest BCUT2D eigenvalue weighted by Crippen LogP contribution is 2.44. The lowest BCUT2D eigenvalue weighted by molar-refractivity contribution is -0.268. The largest absolute Gasteiger partial charge is 0.494 e. The number of fused-ring (bicyclic) bond motifs is 1. The highest BCUT2D eigenvalue weighted by molar-refractivity contribution is 7.18. The smallest absolute Gasteiger partial charge is 0.424 e. The van der Waals surface area contributed by atoms with E-state index in [1.807, 2.05) is 18.2 Å². The van der Waals surface area contributed by atoms with Gasteiger partial charge in [0.05, 0.1) is 23.2 Å². The molecule has 0 spiro atoms. The number of amides is 1. The van der Waals surface area contributed by atoms with Crippen molar-refractivity contribution in [1.29, 1.82) is 0 Å². The molecule has 30 heavy (non-hydrogen) atoms. The Balaban J connectivity index is 1.64. The Hall–Kier alpha value is -2.65. The molecule has 0 fully saturated rings. The molecule has 1 aromatic heterocycles. The van der Waals surface area contributed by atoms with Gasteiger partial charge in [-0.3, -0.25) is 4.79 Å². The topological polar surface area (TPSA) is 62.7 Å². The molecule has 5 nitrogen and oxygen atoms in total. The second kappa shape index (κ2) is 9.01. The third-order valence-corrected chi connectivity index (χ3v) is 5.79. The number of benzene rings is 2. The van der Waals surface area contributed by atoms with Crippen molar-refractivity contribution >= 4 is 27.5 Å². The van der Waals surface area contributed by atoms with E-state index >= 15 is 0 Å². The molecule has 3 rings (SSSR count). The summed E-state index contributed by atoms with van der Waals surface area (Å²) in [6, 6.07) is 15.6. The van der Waals surface area contributed by atoms with Gasteiger partial charge in [0.25, 0.3) is 0 Å². The van der Waals surface area contributed by atoms with Crippen LogP contribution in [0.3, 0.4) is 0 Å². The monoisotopic (exact) mass is 438 g/mol. The molecule has 160 valence electrons. The van der Waals surface area contributed by atoms with E-state index in [1.165, 1.54) is 11.9 Å². The Kier molecular flexibility index (Phi) is 6.62. The molecule has 3 aromatic rings. The van der Waals surface area contributed by atoms with E-state index in [9.17, 15) is 23.1 Å². The average Bonchev–Trinajstić information content (AvgIpc) is 3.15. The Morgan fingerprint density at radius 2 is 1.80 bits per heavy atom. The normalized spacial score (nSPS) is 13.8. The highest BCUT2D eigenvalue weighted by Gasteiger charge is 2.58. The van der Waals surface area contributed by atoms with Crippen LogP contribution in [0.5, 0.6) is 5.75 Å². The number of aliphatic hydroxyl groups is 1. The summed E-state index contributed by atoms with van der Waals surface area (Å²) in [6.07, 6.45) is -5.75. The van der Waals surface area contributed by atoms with Crippen LogP contribution in [0.15, 0.2) is 54.6 Å². The number of hydrogen-bond donors (Lipinski definition) is 1. The molecule has 0 aliphatic rings. The van der Waals surface area contributed by atoms with E-state index in [4.69, 9.17) is 4.74 Å². The van der Waals surface area contributed by atoms with Crippen molar-refractivity contribution in [3.8, 4) is 5.75 Å². The number of aromatic nitrogens is 1. The maximum atomic E-state index is 13.8. The fourth-order valence-electron chi connectivity index (χ4n) is 2.83. The molecule has 0 saturated carbocycles. The number of carbonyl (C=O) groups excluding carboxylic acids is 1. The SMILES string of the molecule is CN(CCCOc1ccccc1)C(=O)CC(O)(c1nc2ccccc2s1)C(F)(F)F.